The number of morpholine rings is 1. The van der Waals surface area contributed by atoms with Crippen LogP contribution in [0.4, 0.5) is 14.5 Å². The second kappa shape index (κ2) is 11.6. The highest BCUT2D eigenvalue weighted by molar-refractivity contribution is 5.97. The molecule has 4 rings (SSSR count). The fourth-order valence-electron chi connectivity index (χ4n) is 5.59. The third-order valence-corrected chi connectivity index (χ3v) is 7.71. The number of alkyl halides is 2. The van der Waals surface area contributed by atoms with Gasteiger partial charge in [0.25, 0.3) is 5.92 Å². The van der Waals surface area contributed by atoms with Crippen LogP contribution < -0.4 is 10.2 Å². The molecule has 1 aromatic rings. The first kappa shape index (κ1) is 29.2. The number of pyridine rings is 1. The third kappa shape index (κ3) is 6.18. The summed E-state index contributed by atoms with van der Waals surface area (Å²) in [7, 11) is 0. The minimum atomic E-state index is -3.00. The Balaban J connectivity index is 0.00000361. The number of carbonyl (C=O) groups is 1. The van der Waals surface area contributed by atoms with E-state index in [-0.39, 0.29) is 54.5 Å². The molecule has 0 saturated carbocycles. The molecule has 0 unspecified atom stereocenters. The molecule has 0 aromatic carbocycles. The van der Waals surface area contributed by atoms with Gasteiger partial charge in [0.1, 0.15) is 5.69 Å². The largest absolute Gasteiger partial charge is 0.379 e. The van der Waals surface area contributed by atoms with Gasteiger partial charge in [0, 0.05) is 74.4 Å². The summed E-state index contributed by atoms with van der Waals surface area (Å²) in [4.78, 5) is 24.2. The molecular weight excluding hydrogens is 488 g/mol. The Labute approximate surface area is 220 Å². The third-order valence-electron chi connectivity index (χ3n) is 7.71. The van der Waals surface area contributed by atoms with Gasteiger partial charge in [0.2, 0.25) is 5.91 Å². The van der Waals surface area contributed by atoms with E-state index in [9.17, 15) is 13.6 Å². The molecule has 0 bridgehead atoms. The molecule has 3 aliphatic heterocycles. The SMILES string of the molecule is CCCC(F)(F)c1cc2c(cn1)C(C)(C)CN2C(=O)CN1C[C@@H](C)NC[C@@H]1CN1CCOC[C@@H]1C.Cl. The maximum absolute atomic E-state index is 14.7. The molecule has 1 amide bonds. The Morgan fingerprint density at radius 3 is 2.75 bits per heavy atom. The summed E-state index contributed by atoms with van der Waals surface area (Å²) in [6.45, 7) is 15.7. The molecule has 0 radical (unpaired) electrons. The van der Waals surface area contributed by atoms with Crippen molar-refractivity contribution in [2.45, 2.75) is 76.9 Å². The first-order valence-electron chi connectivity index (χ1n) is 13.0. The van der Waals surface area contributed by atoms with E-state index in [0.717, 1.165) is 45.0 Å². The van der Waals surface area contributed by atoms with E-state index in [1.165, 1.54) is 6.07 Å². The van der Waals surface area contributed by atoms with Crippen LogP contribution in [0.15, 0.2) is 12.3 Å². The van der Waals surface area contributed by atoms with Crippen LogP contribution in [0.3, 0.4) is 0 Å². The highest BCUT2D eigenvalue weighted by Crippen LogP contribution is 2.43. The molecule has 2 fully saturated rings. The Hall–Kier alpha value is -1.39. The predicted molar refractivity (Wildman–Crippen MR) is 140 cm³/mol. The number of hydrogen-bond donors (Lipinski definition) is 1. The highest BCUT2D eigenvalue weighted by Gasteiger charge is 2.42. The summed E-state index contributed by atoms with van der Waals surface area (Å²) in [6.07, 6.45) is 1.66. The summed E-state index contributed by atoms with van der Waals surface area (Å²) in [5, 5.41) is 3.56. The Morgan fingerprint density at radius 2 is 2.06 bits per heavy atom. The van der Waals surface area contributed by atoms with Gasteiger partial charge < -0.3 is 15.0 Å². The lowest BCUT2D eigenvalue weighted by atomic mass is 9.88. The van der Waals surface area contributed by atoms with Crippen LogP contribution in [0, 0.1) is 0 Å². The number of carbonyl (C=O) groups excluding carboxylic acids is 1. The molecule has 4 heterocycles. The number of rotatable bonds is 7. The monoisotopic (exact) mass is 529 g/mol. The fourth-order valence-corrected chi connectivity index (χ4v) is 5.59. The number of fused-ring (bicyclic) bond motifs is 1. The molecule has 1 N–H and O–H groups in total. The van der Waals surface area contributed by atoms with Gasteiger partial charge in [-0.15, -0.1) is 12.4 Å². The van der Waals surface area contributed by atoms with E-state index < -0.39 is 5.92 Å². The van der Waals surface area contributed by atoms with Crippen LogP contribution in [0.5, 0.6) is 0 Å². The van der Waals surface area contributed by atoms with Crippen molar-refractivity contribution in [3.05, 3.63) is 23.5 Å². The van der Waals surface area contributed by atoms with Crippen molar-refractivity contribution in [3.8, 4) is 0 Å². The molecule has 3 atom stereocenters. The minimum absolute atomic E-state index is 0. The number of amides is 1. The average Bonchev–Trinajstić information content (AvgIpc) is 3.07. The standard InChI is InChI=1S/C26H41F2N5O2.ClH/c1-6-7-26(27,28)23-10-22-21(12-30-23)25(4,5)17-33(22)24(34)15-32-13-18(2)29-11-20(32)14-31-8-9-35-16-19(31)3;/h10,12,18-20,29H,6-9,11,13-17H2,1-5H3;1H/t18-,19+,20-;/m1./s1. The van der Waals surface area contributed by atoms with Gasteiger partial charge in [-0.05, 0) is 19.9 Å². The van der Waals surface area contributed by atoms with E-state index >= 15 is 0 Å². The van der Waals surface area contributed by atoms with Crippen LogP contribution in [0.2, 0.25) is 0 Å². The number of nitrogens with one attached hydrogen (secondary N) is 1. The molecule has 7 nitrogen and oxygen atoms in total. The summed E-state index contributed by atoms with van der Waals surface area (Å²) in [5.74, 6) is -3.04. The highest BCUT2D eigenvalue weighted by atomic mass is 35.5. The van der Waals surface area contributed by atoms with Crippen molar-refractivity contribution in [1.29, 1.82) is 0 Å². The summed E-state index contributed by atoms with van der Waals surface area (Å²) >= 11 is 0. The zero-order chi connectivity index (χ0) is 25.4. The number of ether oxygens (including phenoxy) is 1. The van der Waals surface area contributed by atoms with Gasteiger partial charge in [-0.1, -0.05) is 27.2 Å². The quantitative estimate of drug-likeness (QED) is 0.584. The maximum Gasteiger partial charge on any atom is 0.289 e. The summed E-state index contributed by atoms with van der Waals surface area (Å²) in [6, 6.07) is 2.28. The number of nitrogens with zero attached hydrogens (tertiary/aromatic N) is 4. The van der Waals surface area contributed by atoms with Crippen molar-refractivity contribution < 1.29 is 18.3 Å². The van der Waals surface area contributed by atoms with E-state index in [1.54, 1.807) is 18.0 Å². The molecule has 36 heavy (non-hydrogen) atoms. The van der Waals surface area contributed by atoms with Gasteiger partial charge in [0.15, 0.2) is 0 Å². The average molecular weight is 530 g/mol. The zero-order valence-corrected chi connectivity index (χ0v) is 23.0. The van der Waals surface area contributed by atoms with Crippen molar-refractivity contribution in [3.63, 3.8) is 0 Å². The van der Waals surface area contributed by atoms with E-state index in [0.29, 0.717) is 24.7 Å². The van der Waals surface area contributed by atoms with Crippen LogP contribution >= 0.6 is 12.4 Å². The number of piperazine rings is 1. The molecule has 1 aromatic heterocycles. The molecule has 204 valence electrons. The molecular formula is C26H42ClF2N5O2. The van der Waals surface area contributed by atoms with Crippen molar-refractivity contribution in [1.82, 2.24) is 20.1 Å². The molecule has 10 heteroatoms. The minimum Gasteiger partial charge on any atom is -0.379 e. The summed E-state index contributed by atoms with van der Waals surface area (Å²) in [5.41, 5.74) is 0.857. The number of anilines is 1. The lowest BCUT2D eigenvalue weighted by Gasteiger charge is -2.43. The molecule has 2 saturated heterocycles. The Morgan fingerprint density at radius 1 is 1.31 bits per heavy atom. The normalized spacial score (nSPS) is 27.0. The van der Waals surface area contributed by atoms with Crippen LogP contribution in [0.1, 0.15) is 58.7 Å². The van der Waals surface area contributed by atoms with Crippen molar-refractivity contribution in [2.75, 3.05) is 57.4 Å². The predicted octanol–water partition coefficient (Wildman–Crippen LogP) is 3.40. The van der Waals surface area contributed by atoms with Gasteiger partial charge >= 0.3 is 0 Å². The van der Waals surface area contributed by atoms with Crippen molar-refractivity contribution >= 4 is 24.0 Å². The topological polar surface area (TPSA) is 60.9 Å². The van der Waals surface area contributed by atoms with E-state index in [4.69, 9.17) is 4.74 Å². The first-order chi connectivity index (χ1) is 16.5. The lowest BCUT2D eigenvalue weighted by Crippen LogP contribution is -2.62. The number of hydrogen-bond acceptors (Lipinski definition) is 6. The van der Waals surface area contributed by atoms with E-state index in [1.807, 2.05) is 13.8 Å². The fraction of sp³-hybridized carbons (Fsp3) is 0.769. The molecule has 3 aliphatic rings. The van der Waals surface area contributed by atoms with Crippen molar-refractivity contribution in [2.24, 2.45) is 0 Å². The Bertz CT molecular complexity index is 918. The number of aromatic nitrogens is 1. The van der Waals surface area contributed by atoms with Gasteiger partial charge in [-0.2, -0.15) is 8.78 Å². The van der Waals surface area contributed by atoms with Crippen LogP contribution in [-0.2, 0) is 20.9 Å². The smallest absolute Gasteiger partial charge is 0.289 e. The molecule has 0 aliphatic carbocycles. The summed E-state index contributed by atoms with van der Waals surface area (Å²) < 4.78 is 34.9. The first-order valence-corrected chi connectivity index (χ1v) is 13.0. The Kier molecular flexibility index (Phi) is 9.36. The maximum atomic E-state index is 14.7. The number of halogens is 3. The van der Waals surface area contributed by atoms with Gasteiger partial charge in [-0.3, -0.25) is 19.6 Å². The van der Waals surface area contributed by atoms with Gasteiger partial charge in [0.05, 0.1) is 25.4 Å². The van der Waals surface area contributed by atoms with Gasteiger partial charge in [-0.25, -0.2) is 0 Å². The second-order valence-electron chi connectivity index (χ2n) is 11.2. The molecule has 0 spiro atoms. The van der Waals surface area contributed by atoms with Crippen LogP contribution in [-0.4, -0.2) is 91.3 Å². The van der Waals surface area contributed by atoms with E-state index in [2.05, 4.69) is 33.9 Å². The second-order valence-corrected chi connectivity index (χ2v) is 11.2. The van der Waals surface area contributed by atoms with Crippen LogP contribution in [0.25, 0.3) is 0 Å². The zero-order valence-electron chi connectivity index (χ0n) is 22.2. The lowest BCUT2D eigenvalue weighted by molar-refractivity contribution is -0.121.